The number of rotatable bonds is 9. The number of ether oxygens (including phenoxy) is 1. The van der Waals surface area contributed by atoms with Gasteiger partial charge in [0.2, 0.25) is 10.0 Å². The zero-order valence-electron chi connectivity index (χ0n) is 18.4. The molecule has 0 saturated carbocycles. The van der Waals surface area contributed by atoms with Crippen molar-refractivity contribution in [1.29, 1.82) is 0 Å². The van der Waals surface area contributed by atoms with Crippen LogP contribution in [0, 0.1) is 0 Å². The van der Waals surface area contributed by atoms with Gasteiger partial charge < -0.3 is 20.3 Å². The highest BCUT2D eigenvalue weighted by molar-refractivity contribution is 14.0. The van der Waals surface area contributed by atoms with Crippen LogP contribution in [-0.2, 0) is 14.8 Å². The Hall–Kier alpha value is -1.44. The first-order chi connectivity index (χ1) is 14.3. The van der Waals surface area contributed by atoms with E-state index in [9.17, 15) is 13.2 Å². The SMILES string of the molecule is CN=C(NCCNC(=O)c1ccccc1)N1CCN(S(=O)(=O)CCOC(C)C)CC1.I. The summed E-state index contributed by atoms with van der Waals surface area (Å²) >= 11 is 0. The summed E-state index contributed by atoms with van der Waals surface area (Å²) in [5.41, 5.74) is 0.623. The van der Waals surface area contributed by atoms with Crippen molar-refractivity contribution < 1.29 is 17.9 Å². The first kappa shape index (κ1) is 27.6. The fourth-order valence-corrected chi connectivity index (χ4v) is 4.36. The molecule has 1 amide bonds. The Morgan fingerprint density at radius 2 is 1.71 bits per heavy atom. The van der Waals surface area contributed by atoms with Gasteiger partial charge in [0.1, 0.15) is 0 Å². The third-order valence-electron chi connectivity index (χ3n) is 4.67. The summed E-state index contributed by atoms with van der Waals surface area (Å²) < 4.78 is 31.8. The molecule has 9 nitrogen and oxygen atoms in total. The van der Waals surface area contributed by atoms with Crippen LogP contribution in [0.3, 0.4) is 0 Å². The van der Waals surface area contributed by atoms with E-state index in [1.165, 1.54) is 4.31 Å². The van der Waals surface area contributed by atoms with E-state index in [2.05, 4.69) is 15.6 Å². The number of nitrogens with one attached hydrogen (secondary N) is 2. The summed E-state index contributed by atoms with van der Waals surface area (Å²) in [5, 5.41) is 6.08. The van der Waals surface area contributed by atoms with Crippen molar-refractivity contribution in [3.8, 4) is 0 Å². The molecule has 2 rings (SSSR count). The van der Waals surface area contributed by atoms with Crippen LogP contribution in [0.15, 0.2) is 35.3 Å². The van der Waals surface area contributed by atoms with E-state index < -0.39 is 10.0 Å². The molecule has 1 saturated heterocycles. The molecule has 0 aromatic heterocycles. The van der Waals surface area contributed by atoms with Gasteiger partial charge in [0, 0.05) is 51.9 Å². The minimum absolute atomic E-state index is 0. The Morgan fingerprint density at radius 1 is 1.10 bits per heavy atom. The van der Waals surface area contributed by atoms with Crippen LogP contribution in [0.25, 0.3) is 0 Å². The standard InChI is InChI=1S/C20H33N5O4S.HI/c1-17(2)29-15-16-30(27,28)25-13-11-24(12-14-25)20(21-3)23-10-9-22-19(26)18-7-5-4-6-8-18;/h4-8,17H,9-16H2,1-3H3,(H,21,23)(H,22,26);1H. The molecule has 0 atom stereocenters. The van der Waals surface area contributed by atoms with E-state index in [0.717, 1.165) is 0 Å². The van der Waals surface area contributed by atoms with Crippen LogP contribution in [-0.4, -0.2) is 94.3 Å². The average Bonchev–Trinajstić information content (AvgIpc) is 2.74. The number of sulfonamides is 1. The van der Waals surface area contributed by atoms with E-state index in [1.54, 1.807) is 19.2 Å². The Kier molecular flexibility index (Phi) is 12.3. The maximum atomic E-state index is 12.4. The first-order valence-corrected chi connectivity index (χ1v) is 11.8. The molecule has 0 aliphatic carbocycles. The molecule has 31 heavy (non-hydrogen) atoms. The fourth-order valence-electron chi connectivity index (χ4n) is 3.07. The number of carbonyl (C=O) groups is 1. The zero-order valence-corrected chi connectivity index (χ0v) is 21.6. The minimum atomic E-state index is -3.32. The molecule has 0 radical (unpaired) electrons. The van der Waals surface area contributed by atoms with Crippen molar-refractivity contribution in [1.82, 2.24) is 19.8 Å². The fraction of sp³-hybridized carbons (Fsp3) is 0.600. The molecular weight excluding hydrogens is 533 g/mol. The molecular formula is C20H34IN5O4S. The average molecular weight is 567 g/mol. The topological polar surface area (TPSA) is 103 Å². The minimum Gasteiger partial charge on any atom is -0.378 e. The Morgan fingerprint density at radius 3 is 2.29 bits per heavy atom. The molecule has 0 spiro atoms. The van der Waals surface area contributed by atoms with E-state index in [-0.39, 0.29) is 48.3 Å². The number of halogens is 1. The number of carbonyl (C=O) groups excluding carboxylic acids is 1. The number of guanidine groups is 1. The monoisotopic (exact) mass is 567 g/mol. The Balaban J connectivity index is 0.00000480. The van der Waals surface area contributed by atoms with Crippen molar-refractivity contribution in [2.45, 2.75) is 20.0 Å². The molecule has 176 valence electrons. The van der Waals surface area contributed by atoms with Gasteiger partial charge in [0.05, 0.1) is 18.5 Å². The zero-order chi connectivity index (χ0) is 22.0. The van der Waals surface area contributed by atoms with Gasteiger partial charge in [-0.15, -0.1) is 24.0 Å². The molecule has 1 heterocycles. The van der Waals surface area contributed by atoms with E-state index >= 15 is 0 Å². The van der Waals surface area contributed by atoms with Gasteiger partial charge in [-0.1, -0.05) is 18.2 Å². The molecule has 1 fully saturated rings. The number of hydrogen-bond donors (Lipinski definition) is 2. The Labute approximate surface area is 202 Å². The highest BCUT2D eigenvalue weighted by Gasteiger charge is 2.27. The van der Waals surface area contributed by atoms with Crippen LogP contribution in [0.1, 0.15) is 24.2 Å². The van der Waals surface area contributed by atoms with E-state index in [4.69, 9.17) is 4.74 Å². The smallest absolute Gasteiger partial charge is 0.251 e. The van der Waals surface area contributed by atoms with Crippen LogP contribution < -0.4 is 10.6 Å². The van der Waals surface area contributed by atoms with Gasteiger partial charge in [-0.2, -0.15) is 4.31 Å². The number of hydrogen-bond acceptors (Lipinski definition) is 5. The lowest BCUT2D eigenvalue weighted by Crippen LogP contribution is -2.54. The lowest BCUT2D eigenvalue weighted by atomic mass is 10.2. The molecule has 1 aliphatic heterocycles. The van der Waals surface area contributed by atoms with Crippen molar-refractivity contribution in [3.05, 3.63) is 35.9 Å². The number of nitrogens with zero attached hydrogens (tertiary/aromatic N) is 3. The largest absolute Gasteiger partial charge is 0.378 e. The number of amides is 1. The van der Waals surface area contributed by atoms with Crippen LogP contribution in [0.5, 0.6) is 0 Å². The molecule has 2 N–H and O–H groups in total. The maximum absolute atomic E-state index is 12.4. The van der Waals surface area contributed by atoms with Crippen LogP contribution in [0.2, 0.25) is 0 Å². The third kappa shape index (κ3) is 9.29. The maximum Gasteiger partial charge on any atom is 0.251 e. The third-order valence-corrected chi connectivity index (χ3v) is 6.50. The summed E-state index contributed by atoms with van der Waals surface area (Å²) in [4.78, 5) is 18.3. The second-order valence-corrected chi connectivity index (χ2v) is 9.31. The molecule has 0 unspecified atom stereocenters. The quantitative estimate of drug-likeness (QED) is 0.200. The van der Waals surface area contributed by atoms with Gasteiger partial charge >= 0.3 is 0 Å². The first-order valence-electron chi connectivity index (χ1n) is 10.2. The lowest BCUT2D eigenvalue weighted by molar-refractivity contribution is 0.0904. The second kappa shape index (κ2) is 13.9. The van der Waals surface area contributed by atoms with Gasteiger partial charge in [-0.25, -0.2) is 8.42 Å². The van der Waals surface area contributed by atoms with Gasteiger partial charge in [0.25, 0.3) is 5.91 Å². The van der Waals surface area contributed by atoms with Crippen molar-refractivity contribution in [3.63, 3.8) is 0 Å². The van der Waals surface area contributed by atoms with E-state index in [1.807, 2.05) is 36.9 Å². The lowest BCUT2D eigenvalue weighted by Gasteiger charge is -2.35. The molecule has 1 aromatic rings. The van der Waals surface area contributed by atoms with Gasteiger partial charge in [-0.3, -0.25) is 9.79 Å². The molecule has 1 aliphatic rings. The predicted octanol–water partition coefficient (Wildman–Crippen LogP) is 0.982. The van der Waals surface area contributed by atoms with Crippen LogP contribution >= 0.6 is 24.0 Å². The Bertz CT molecular complexity index is 797. The van der Waals surface area contributed by atoms with Crippen molar-refractivity contribution >= 4 is 45.9 Å². The second-order valence-electron chi connectivity index (χ2n) is 7.22. The summed E-state index contributed by atoms with van der Waals surface area (Å²) in [5.74, 6) is 0.580. The molecule has 0 bridgehead atoms. The normalized spacial score (nSPS) is 15.5. The van der Waals surface area contributed by atoms with Crippen molar-refractivity contribution in [2.75, 3.05) is 58.7 Å². The summed E-state index contributed by atoms with van der Waals surface area (Å²) in [6.45, 7) is 6.89. The van der Waals surface area contributed by atoms with E-state index in [0.29, 0.717) is 50.8 Å². The highest BCUT2D eigenvalue weighted by atomic mass is 127. The van der Waals surface area contributed by atoms with Gasteiger partial charge in [-0.05, 0) is 26.0 Å². The number of piperazine rings is 1. The molecule has 1 aromatic carbocycles. The van der Waals surface area contributed by atoms with Gasteiger partial charge in [0.15, 0.2) is 5.96 Å². The predicted molar refractivity (Wildman–Crippen MR) is 134 cm³/mol. The highest BCUT2D eigenvalue weighted by Crippen LogP contribution is 2.09. The number of benzene rings is 1. The van der Waals surface area contributed by atoms with Crippen molar-refractivity contribution in [2.24, 2.45) is 4.99 Å². The van der Waals surface area contributed by atoms with Crippen LogP contribution in [0.4, 0.5) is 0 Å². The summed E-state index contributed by atoms with van der Waals surface area (Å²) in [6, 6.07) is 9.06. The molecule has 11 heteroatoms. The number of aliphatic imine (C=N–C) groups is 1. The summed E-state index contributed by atoms with van der Waals surface area (Å²) in [6.07, 6.45) is 0.0175. The summed E-state index contributed by atoms with van der Waals surface area (Å²) in [7, 11) is -1.63.